The average Bonchev–Trinajstić information content (AvgIpc) is 2.83. The van der Waals surface area contributed by atoms with Crippen LogP contribution < -0.4 is 10.6 Å². The maximum absolute atomic E-state index is 14.0. The molecule has 2 atom stereocenters. The summed E-state index contributed by atoms with van der Waals surface area (Å²) in [6.45, 7) is 3.32. The van der Waals surface area contributed by atoms with E-state index in [-0.39, 0.29) is 30.4 Å². The summed E-state index contributed by atoms with van der Waals surface area (Å²) in [6, 6.07) is 11.0. The topological polar surface area (TPSA) is 94.5 Å². The molecule has 2 rings (SSSR count). The van der Waals surface area contributed by atoms with Crippen molar-refractivity contribution < 1.29 is 27.6 Å². The minimum Gasteiger partial charge on any atom is -0.342 e. The van der Waals surface area contributed by atoms with Crippen LogP contribution in [0.25, 0.3) is 11.1 Å². The van der Waals surface area contributed by atoms with Crippen molar-refractivity contribution in [1.82, 2.24) is 15.7 Å². The molecule has 2 amide bonds. The maximum Gasteiger partial charge on any atom is 0.407 e. The summed E-state index contributed by atoms with van der Waals surface area (Å²) in [6.07, 6.45) is -4.48. The zero-order valence-corrected chi connectivity index (χ0v) is 20.0. The number of nitrogens with one attached hydrogen (secondary N) is 2. The average molecular weight is 491 g/mol. The number of carbonyl (C=O) groups is 2. The lowest BCUT2D eigenvalue weighted by atomic mass is 9.97. The molecule has 0 heterocycles. The number of benzene rings is 2. The van der Waals surface area contributed by atoms with Crippen molar-refractivity contribution in [3.63, 3.8) is 0 Å². The Morgan fingerprint density at radius 1 is 1.06 bits per heavy atom. The third-order valence-electron chi connectivity index (χ3n) is 5.33. The van der Waals surface area contributed by atoms with Gasteiger partial charge in [-0.1, -0.05) is 50.2 Å². The van der Waals surface area contributed by atoms with Gasteiger partial charge in [-0.2, -0.15) is 18.4 Å². The molecule has 0 aromatic heterocycles. The molecule has 0 fully saturated rings. The summed E-state index contributed by atoms with van der Waals surface area (Å²) >= 11 is 0. The molecule has 188 valence electrons. The van der Waals surface area contributed by atoms with Crippen molar-refractivity contribution in [1.29, 1.82) is 5.26 Å². The van der Waals surface area contributed by atoms with E-state index in [2.05, 4.69) is 10.6 Å². The lowest BCUT2D eigenvalue weighted by Crippen LogP contribution is -2.49. The Bertz CT molecular complexity index is 1030. The van der Waals surface area contributed by atoms with Gasteiger partial charge in [-0.15, -0.1) is 0 Å². The van der Waals surface area contributed by atoms with Crippen LogP contribution in [0.5, 0.6) is 0 Å². The zero-order valence-electron chi connectivity index (χ0n) is 20.0. The number of nitriles is 1. The lowest BCUT2D eigenvalue weighted by molar-refractivity contribution is -0.161. The van der Waals surface area contributed by atoms with Crippen molar-refractivity contribution in [3.8, 4) is 17.2 Å². The summed E-state index contributed by atoms with van der Waals surface area (Å²) in [5.41, 5.74) is 1.75. The monoisotopic (exact) mass is 490 g/mol. The van der Waals surface area contributed by atoms with Gasteiger partial charge in [-0.05, 0) is 41.2 Å². The predicted octanol–water partition coefficient (Wildman–Crippen LogP) is 4.23. The van der Waals surface area contributed by atoms with Gasteiger partial charge in [-0.25, -0.2) is 5.06 Å². The van der Waals surface area contributed by atoms with Gasteiger partial charge >= 0.3 is 6.18 Å². The SMILES string of the molecule is CON(C)C(=O)c1ccc(-c2ccc(C(NC(CC(C)C)C(=O)NCC#N)C(F)(F)F)cc2)cc1. The Hall–Kier alpha value is -3.42. The second-order valence-corrected chi connectivity index (χ2v) is 8.38. The van der Waals surface area contributed by atoms with Crippen LogP contribution in [-0.2, 0) is 9.63 Å². The van der Waals surface area contributed by atoms with E-state index in [1.807, 2.05) is 0 Å². The molecule has 0 radical (unpaired) electrons. The standard InChI is InChI=1S/C25H29F3N4O3/c1-16(2)15-21(23(33)30-14-13-29)31-22(25(26,27)28)19-9-5-17(6-10-19)18-7-11-20(12-8-18)24(34)32(3)35-4/h5-12,16,21-22,31H,14-15H2,1-4H3,(H,30,33). The molecule has 0 aliphatic carbocycles. The van der Waals surface area contributed by atoms with Gasteiger partial charge in [0.05, 0.1) is 19.2 Å². The van der Waals surface area contributed by atoms with E-state index in [1.165, 1.54) is 26.3 Å². The van der Waals surface area contributed by atoms with Gasteiger partial charge < -0.3 is 5.32 Å². The number of nitrogens with zero attached hydrogens (tertiary/aromatic N) is 2. The van der Waals surface area contributed by atoms with Gasteiger partial charge in [0.1, 0.15) is 12.6 Å². The van der Waals surface area contributed by atoms with E-state index in [9.17, 15) is 22.8 Å². The number of hydrogen-bond donors (Lipinski definition) is 2. The summed E-state index contributed by atoms with van der Waals surface area (Å²) < 4.78 is 41.9. The first-order valence-corrected chi connectivity index (χ1v) is 11.0. The quantitative estimate of drug-likeness (QED) is 0.384. The van der Waals surface area contributed by atoms with E-state index in [0.29, 0.717) is 11.1 Å². The van der Waals surface area contributed by atoms with Crippen LogP contribution in [0.1, 0.15) is 42.2 Å². The van der Waals surface area contributed by atoms with Gasteiger partial charge in [0.2, 0.25) is 5.91 Å². The molecular weight excluding hydrogens is 461 g/mol. The van der Waals surface area contributed by atoms with Crippen LogP contribution in [0.2, 0.25) is 0 Å². The van der Waals surface area contributed by atoms with Gasteiger partial charge in [0, 0.05) is 12.6 Å². The molecule has 0 aliphatic rings. The lowest BCUT2D eigenvalue weighted by Gasteiger charge is -2.28. The number of halogens is 3. The smallest absolute Gasteiger partial charge is 0.342 e. The maximum atomic E-state index is 14.0. The second kappa shape index (κ2) is 12.3. The van der Waals surface area contributed by atoms with Gasteiger partial charge in [-0.3, -0.25) is 19.7 Å². The van der Waals surface area contributed by atoms with Crippen LogP contribution in [-0.4, -0.2) is 49.8 Å². The molecule has 0 bridgehead atoms. The highest BCUT2D eigenvalue weighted by atomic mass is 19.4. The molecule has 7 nitrogen and oxygen atoms in total. The molecule has 2 aromatic carbocycles. The second-order valence-electron chi connectivity index (χ2n) is 8.38. The summed E-state index contributed by atoms with van der Waals surface area (Å²) in [4.78, 5) is 29.4. The van der Waals surface area contributed by atoms with Crippen LogP contribution in [0, 0.1) is 17.2 Å². The van der Waals surface area contributed by atoms with Crippen LogP contribution in [0.3, 0.4) is 0 Å². The Labute approximate surface area is 202 Å². The largest absolute Gasteiger partial charge is 0.407 e. The molecule has 2 aromatic rings. The fraction of sp³-hybridized carbons (Fsp3) is 0.400. The van der Waals surface area contributed by atoms with Gasteiger partial charge in [0.25, 0.3) is 5.91 Å². The summed E-state index contributed by atoms with van der Waals surface area (Å²) in [5, 5.41) is 14.5. The molecule has 35 heavy (non-hydrogen) atoms. The molecule has 0 aliphatic heterocycles. The minimum absolute atomic E-state index is 0.0448. The Morgan fingerprint density at radius 2 is 1.60 bits per heavy atom. The number of hydroxylamine groups is 2. The fourth-order valence-electron chi connectivity index (χ4n) is 3.49. The number of rotatable bonds is 10. The van der Waals surface area contributed by atoms with Crippen molar-refractivity contribution in [3.05, 3.63) is 59.7 Å². The van der Waals surface area contributed by atoms with E-state index in [1.54, 1.807) is 56.3 Å². The highest BCUT2D eigenvalue weighted by Crippen LogP contribution is 2.34. The molecule has 0 spiro atoms. The van der Waals surface area contributed by atoms with E-state index >= 15 is 0 Å². The predicted molar refractivity (Wildman–Crippen MR) is 125 cm³/mol. The molecule has 2 unspecified atom stereocenters. The van der Waals surface area contributed by atoms with Crippen LogP contribution >= 0.6 is 0 Å². The molecule has 2 N–H and O–H groups in total. The molecule has 0 saturated heterocycles. The van der Waals surface area contributed by atoms with E-state index in [0.717, 1.165) is 10.6 Å². The molecule has 0 saturated carbocycles. The van der Waals surface area contributed by atoms with Crippen molar-refractivity contribution in [2.45, 2.75) is 38.5 Å². The highest BCUT2D eigenvalue weighted by molar-refractivity contribution is 5.93. The Morgan fingerprint density at radius 3 is 2.06 bits per heavy atom. The van der Waals surface area contributed by atoms with Gasteiger partial charge in [0.15, 0.2) is 0 Å². The molecular formula is C25H29F3N4O3. The van der Waals surface area contributed by atoms with Crippen molar-refractivity contribution >= 4 is 11.8 Å². The first kappa shape index (κ1) is 27.8. The normalized spacial score (nSPS) is 13.1. The van der Waals surface area contributed by atoms with Crippen molar-refractivity contribution in [2.75, 3.05) is 20.7 Å². The van der Waals surface area contributed by atoms with Crippen molar-refractivity contribution in [2.24, 2.45) is 5.92 Å². The summed E-state index contributed by atoms with van der Waals surface area (Å²) in [7, 11) is 2.86. The molecule has 10 heteroatoms. The van der Waals surface area contributed by atoms with E-state index < -0.39 is 24.2 Å². The third-order valence-corrected chi connectivity index (χ3v) is 5.33. The number of amides is 2. The third kappa shape index (κ3) is 7.80. The van der Waals surface area contributed by atoms with Crippen LogP contribution in [0.15, 0.2) is 48.5 Å². The summed E-state index contributed by atoms with van der Waals surface area (Å²) in [5.74, 6) is -1.03. The number of carbonyl (C=O) groups excluding carboxylic acids is 2. The van der Waals surface area contributed by atoms with E-state index in [4.69, 9.17) is 10.1 Å². The first-order valence-electron chi connectivity index (χ1n) is 11.0. The number of hydrogen-bond acceptors (Lipinski definition) is 5. The first-order chi connectivity index (χ1) is 16.5. The zero-order chi connectivity index (χ0) is 26.2. The highest BCUT2D eigenvalue weighted by Gasteiger charge is 2.42. The fourth-order valence-corrected chi connectivity index (χ4v) is 3.49. The Kier molecular flexibility index (Phi) is 9.80. The Balaban J connectivity index is 2.27. The van der Waals surface area contributed by atoms with Crippen LogP contribution in [0.4, 0.5) is 13.2 Å². The minimum atomic E-state index is -4.65. The number of alkyl halides is 3.